The Kier molecular flexibility index (Phi) is 4.00. The van der Waals surface area contributed by atoms with Gasteiger partial charge in [-0.25, -0.2) is 13.1 Å². The van der Waals surface area contributed by atoms with Crippen molar-refractivity contribution in [2.45, 2.75) is 11.3 Å². The van der Waals surface area contributed by atoms with Gasteiger partial charge in [0.1, 0.15) is 0 Å². The Labute approximate surface area is 105 Å². The third kappa shape index (κ3) is 3.79. The molecule has 0 aromatic heterocycles. The molecule has 11 heteroatoms. The summed E-state index contributed by atoms with van der Waals surface area (Å²) in [5.74, 6) is -1.09. The van der Waals surface area contributed by atoms with Gasteiger partial charge in [0, 0.05) is 6.07 Å². The van der Waals surface area contributed by atoms with E-state index in [2.05, 4.69) is 4.74 Å². The van der Waals surface area contributed by atoms with Crippen LogP contribution in [0.25, 0.3) is 0 Å². The topological polar surface area (TPSA) is 98.5 Å². The van der Waals surface area contributed by atoms with E-state index in [9.17, 15) is 31.7 Å². The van der Waals surface area contributed by atoms with E-state index in [0.717, 1.165) is 13.1 Å². The number of rotatable bonds is 4. The number of hydrogen-bond donors (Lipinski definition) is 1. The molecule has 0 bridgehead atoms. The van der Waals surface area contributed by atoms with Crippen LogP contribution in [0.4, 0.5) is 18.9 Å². The molecule has 0 atom stereocenters. The summed E-state index contributed by atoms with van der Waals surface area (Å²) in [6.45, 7) is 0. The highest BCUT2D eigenvalue weighted by molar-refractivity contribution is 7.89. The van der Waals surface area contributed by atoms with Crippen LogP contribution < -0.4 is 9.46 Å². The molecular formula is C8H7F3N2O5S. The lowest BCUT2D eigenvalue weighted by Gasteiger charge is -2.10. The summed E-state index contributed by atoms with van der Waals surface area (Å²) >= 11 is 0. The number of nitro groups is 1. The lowest BCUT2D eigenvalue weighted by Crippen LogP contribution is -2.20. The van der Waals surface area contributed by atoms with E-state index in [4.69, 9.17) is 0 Å². The van der Waals surface area contributed by atoms with Crippen LogP contribution in [0, 0.1) is 10.1 Å². The van der Waals surface area contributed by atoms with Gasteiger partial charge in [0.25, 0.3) is 0 Å². The second-order valence-corrected chi connectivity index (χ2v) is 5.03. The number of nitrogens with zero attached hydrogens (tertiary/aromatic N) is 1. The van der Waals surface area contributed by atoms with Crippen LogP contribution in [0.1, 0.15) is 0 Å². The van der Waals surface area contributed by atoms with Gasteiger partial charge in [-0.05, 0) is 19.2 Å². The maximum atomic E-state index is 12.0. The molecule has 0 aliphatic carbocycles. The molecule has 1 N–H and O–H groups in total. The smallest absolute Gasteiger partial charge is 0.398 e. The number of nitro benzene ring substituents is 1. The Morgan fingerprint density at radius 1 is 1.37 bits per heavy atom. The zero-order valence-electron chi connectivity index (χ0n) is 9.26. The molecule has 19 heavy (non-hydrogen) atoms. The van der Waals surface area contributed by atoms with Crippen LogP contribution in [0.3, 0.4) is 0 Å². The van der Waals surface area contributed by atoms with Crippen molar-refractivity contribution in [3.8, 4) is 5.75 Å². The van der Waals surface area contributed by atoms with Gasteiger partial charge in [0.2, 0.25) is 15.8 Å². The van der Waals surface area contributed by atoms with Gasteiger partial charge < -0.3 is 4.74 Å². The first-order valence-electron chi connectivity index (χ1n) is 4.54. The van der Waals surface area contributed by atoms with E-state index < -0.39 is 37.6 Å². The average Bonchev–Trinajstić information content (AvgIpc) is 2.26. The maximum absolute atomic E-state index is 12.0. The van der Waals surface area contributed by atoms with Crippen LogP contribution in [0.5, 0.6) is 5.75 Å². The van der Waals surface area contributed by atoms with Gasteiger partial charge in [-0.15, -0.1) is 13.2 Å². The van der Waals surface area contributed by atoms with Gasteiger partial charge in [0.05, 0.1) is 9.82 Å². The second kappa shape index (κ2) is 5.01. The Bertz CT molecular complexity index is 599. The summed E-state index contributed by atoms with van der Waals surface area (Å²) in [6, 6.07) is 1.81. The van der Waals surface area contributed by atoms with Crippen LogP contribution in [-0.2, 0) is 10.0 Å². The Hall–Kier alpha value is -1.88. The van der Waals surface area contributed by atoms with Crippen LogP contribution >= 0.6 is 0 Å². The molecule has 0 amide bonds. The van der Waals surface area contributed by atoms with Crippen LogP contribution in [0.15, 0.2) is 23.1 Å². The zero-order chi connectivity index (χ0) is 14.8. The number of alkyl halides is 3. The Balaban J connectivity index is 3.35. The van der Waals surface area contributed by atoms with Gasteiger partial charge in [-0.1, -0.05) is 0 Å². The molecule has 0 radical (unpaired) electrons. The minimum Gasteiger partial charge on any atom is -0.398 e. The number of halogens is 3. The molecular weight excluding hydrogens is 293 g/mol. The predicted molar refractivity (Wildman–Crippen MR) is 56.0 cm³/mol. The minimum atomic E-state index is -5.12. The highest BCUT2D eigenvalue weighted by Gasteiger charge is 2.35. The summed E-state index contributed by atoms with van der Waals surface area (Å²) in [7, 11) is -2.95. The first-order chi connectivity index (χ1) is 8.57. The molecule has 0 saturated carbocycles. The van der Waals surface area contributed by atoms with Crippen molar-refractivity contribution in [2.24, 2.45) is 0 Å². The van der Waals surface area contributed by atoms with Gasteiger partial charge in [-0.3, -0.25) is 10.1 Å². The average molecular weight is 300 g/mol. The van der Waals surface area contributed by atoms with E-state index in [1.54, 1.807) is 0 Å². The number of nitrogens with one attached hydrogen (secondary N) is 1. The molecule has 106 valence electrons. The fourth-order valence-corrected chi connectivity index (χ4v) is 1.89. The number of benzene rings is 1. The molecule has 0 unspecified atom stereocenters. The van der Waals surface area contributed by atoms with Crippen molar-refractivity contribution in [3.63, 3.8) is 0 Å². The van der Waals surface area contributed by atoms with Crippen LogP contribution in [0.2, 0.25) is 0 Å². The fraction of sp³-hybridized carbons (Fsp3) is 0.250. The van der Waals surface area contributed by atoms with Crippen LogP contribution in [-0.4, -0.2) is 26.8 Å². The summed E-state index contributed by atoms with van der Waals surface area (Å²) in [6.07, 6.45) is -5.12. The minimum absolute atomic E-state index is 0.479. The summed E-state index contributed by atoms with van der Waals surface area (Å²) in [5.41, 5.74) is -1.10. The molecule has 0 aliphatic rings. The van der Waals surface area contributed by atoms with Crippen molar-refractivity contribution in [1.82, 2.24) is 4.72 Å². The number of hydrogen-bond acceptors (Lipinski definition) is 5. The highest BCUT2D eigenvalue weighted by Crippen LogP contribution is 2.33. The molecule has 0 aliphatic heterocycles. The van der Waals surface area contributed by atoms with Crippen molar-refractivity contribution in [3.05, 3.63) is 28.3 Å². The molecule has 0 fully saturated rings. The standard InChI is InChI=1S/C8H7F3N2O5S/c1-12-19(16,17)5-2-3-7(18-8(9,10)11)6(4-5)13(14)15/h2-4,12H,1H3. The molecule has 1 aromatic carbocycles. The predicted octanol–water partition coefficient (Wildman–Crippen LogP) is 1.40. The summed E-state index contributed by atoms with van der Waals surface area (Å²) in [4.78, 5) is 8.90. The third-order valence-electron chi connectivity index (χ3n) is 1.93. The SMILES string of the molecule is CNS(=O)(=O)c1ccc(OC(F)(F)F)c([N+](=O)[O-])c1. The summed E-state index contributed by atoms with van der Waals surface area (Å²) < 4.78 is 64.1. The van der Waals surface area contributed by atoms with E-state index in [0.29, 0.717) is 12.1 Å². The Morgan fingerprint density at radius 3 is 2.37 bits per heavy atom. The summed E-state index contributed by atoms with van der Waals surface area (Å²) in [5, 5.41) is 10.6. The van der Waals surface area contributed by atoms with E-state index in [1.807, 2.05) is 4.72 Å². The highest BCUT2D eigenvalue weighted by atomic mass is 32.2. The quantitative estimate of drug-likeness (QED) is 0.669. The maximum Gasteiger partial charge on any atom is 0.573 e. The molecule has 0 saturated heterocycles. The Morgan fingerprint density at radius 2 is 1.95 bits per heavy atom. The molecule has 1 aromatic rings. The van der Waals surface area contributed by atoms with Gasteiger partial charge in [-0.2, -0.15) is 0 Å². The third-order valence-corrected chi connectivity index (χ3v) is 3.34. The lowest BCUT2D eigenvalue weighted by atomic mass is 10.3. The first-order valence-corrected chi connectivity index (χ1v) is 6.03. The lowest BCUT2D eigenvalue weighted by molar-refractivity contribution is -0.388. The molecule has 0 spiro atoms. The fourth-order valence-electron chi connectivity index (χ4n) is 1.14. The van der Waals surface area contributed by atoms with Gasteiger partial charge in [0.15, 0.2) is 0 Å². The van der Waals surface area contributed by atoms with E-state index in [-0.39, 0.29) is 0 Å². The van der Waals surface area contributed by atoms with Gasteiger partial charge >= 0.3 is 12.0 Å². The monoisotopic (exact) mass is 300 g/mol. The second-order valence-electron chi connectivity index (χ2n) is 3.14. The van der Waals surface area contributed by atoms with Crippen molar-refractivity contribution in [1.29, 1.82) is 0 Å². The normalized spacial score (nSPS) is 12.2. The number of ether oxygens (including phenoxy) is 1. The largest absolute Gasteiger partial charge is 0.573 e. The number of sulfonamides is 1. The van der Waals surface area contributed by atoms with Crippen molar-refractivity contribution >= 4 is 15.7 Å². The zero-order valence-corrected chi connectivity index (χ0v) is 10.1. The molecule has 1 rings (SSSR count). The van der Waals surface area contributed by atoms with Crippen molar-refractivity contribution < 1.29 is 31.2 Å². The molecule has 7 nitrogen and oxygen atoms in total. The van der Waals surface area contributed by atoms with E-state index >= 15 is 0 Å². The molecule has 0 heterocycles. The van der Waals surface area contributed by atoms with E-state index in [1.165, 1.54) is 0 Å². The van der Waals surface area contributed by atoms with Crippen molar-refractivity contribution in [2.75, 3.05) is 7.05 Å². The first kappa shape index (κ1) is 15.2.